The molecule has 14 heteroatoms. The molecule has 2 bridgehead atoms. The second-order valence-electron chi connectivity index (χ2n) is 16.4. The Kier molecular flexibility index (Phi) is 17.7. The van der Waals surface area contributed by atoms with Gasteiger partial charge in [0.05, 0.1) is 23.4 Å². The van der Waals surface area contributed by atoms with Crippen LogP contribution in [0.2, 0.25) is 0 Å². The molecule has 5 aromatic rings. The number of benzene rings is 5. The van der Waals surface area contributed by atoms with Crippen LogP contribution in [0.15, 0.2) is 132 Å². The highest BCUT2D eigenvalue weighted by Crippen LogP contribution is 2.34. The van der Waals surface area contributed by atoms with Crippen molar-refractivity contribution in [1.82, 2.24) is 19.8 Å². The maximum absolute atomic E-state index is 13.3. The van der Waals surface area contributed by atoms with Gasteiger partial charge in [-0.3, -0.25) is 9.69 Å². The number of nitrogens with one attached hydrogen (secondary N) is 3. The number of esters is 1. The smallest absolute Gasteiger partial charge is 0.408 e. The van der Waals surface area contributed by atoms with E-state index >= 15 is 0 Å². The first-order valence-corrected chi connectivity index (χ1v) is 23.3. The van der Waals surface area contributed by atoms with Crippen molar-refractivity contribution in [3.8, 4) is 11.5 Å². The van der Waals surface area contributed by atoms with E-state index in [1.807, 2.05) is 97.1 Å². The molecule has 5 N–H and O–H groups in total. The summed E-state index contributed by atoms with van der Waals surface area (Å²) in [4.78, 5) is 40.9. The Hall–Kier alpha value is -6.16. The third kappa shape index (κ3) is 13.5. The Labute approximate surface area is 391 Å². The Balaban J connectivity index is 0.879. The Morgan fingerprint density at radius 3 is 2.36 bits per heavy atom. The van der Waals surface area contributed by atoms with Gasteiger partial charge in [-0.15, -0.1) is 0 Å². The number of nitrogens with zero attached hydrogens (tertiary/aromatic N) is 2. The van der Waals surface area contributed by atoms with Gasteiger partial charge >= 0.3 is 12.1 Å². The van der Waals surface area contributed by atoms with Crippen molar-refractivity contribution in [2.24, 2.45) is 5.92 Å². The van der Waals surface area contributed by atoms with E-state index in [9.17, 15) is 24.6 Å². The molecule has 3 heterocycles. The maximum Gasteiger partial charge on any atom is 0.408 e. The normalized spacial score (nSPS) is 17.5. The van der Waals surface area contributed by atoms with Crippen LogP contribution in [0.3, 0.4) is 0 Å². The minimum absolute atomic E-state index is 0.0234. The zero-order valence-corrected chi connectivity index (χ0v) is 38.0. The minimum atomic E-state index is -0.878. The molecule has 1 amide bonds. The predicted octanol–water partition coefficient (Wildman–Crippen LogP) is 8.01. The van der Waals surface area contributed by atoms with Gasteiger partial charge in [0.15, 0.2) is 0 Å². The number of piperidine rings is 3. The molecule has 8 rings (SSSR count). The number of phenolic OH excluding ortho intramolecular Hbond substituents is 1. The van der Waals surface area contributed by atoms with Crippen LogP contribution in [0.1, 0.15) is 69.6 Å². The second kappa shape index (κ2) is 24.4. The Morgan fingerprint density at radius 1 is 0.909 bits per heavy atom. The number of aromatic hydroxyl groups is 1. The number of alkyl carbamates (subject to hydrolysis) is 1. The van der Waals surface area contributed by atoms with Crippen LogP contribution < -0.4 is 20.7 Å². The van der Waals surface area contributed by atoms with Crippen molar-refractivity contribution in [2.45, 2.75) is 49.0 Å². The number of carbonyl (C=O) groups is 3. The zero-order chi connectivity index (χ0) is 46.1. The third-order valence-electron chi connectivity index (χ3n) is 11.9. The fraction of sp³-hybridized carbons (Fsp3) is 0.327. The summed E-state index contributed by atoms with van der Waals surface area (Å²) in [5.41, 5.74) is 4.68. The monoisotopic (exact) mass is 913 g/mol. The predicted molar refractivity (Wildman–Crippen MR) is 257 cm³/mol. The lowest BCUT2D eigenvalue weighted by Crippen LogP contribution is -2.52. The molecule has 3 fully saturated rings. The zero-order valence-electron chi connectivity index (χ0n) is 37.2. The first-order valence-electron chi connectivity index (χ1n) is 22.5. The number of allylic oxidation sites excluding steroid dienone is 1. The quantitative estimate of drug-likeness (QED) is 0.0107. The first-order chi connectivity index (χ1) is 32.3. The lowest BCUT2D eigenvalue weighted by Gasteiger charge is -2.43. The van der Waals surface area contributed by atoms with Crippen molar-refractivity contribution >= 4 is 42.1 Å². The molecule has 3 aliphatic rings. The molecule has 0 spiro atoms. The van der Waals surface area contributed by atoms with Crippen LogP contribution in [-0.4, -0.2) is 103 Å². The number of aliphatic hydroxyl groups is 1. The van der Waals surface area contributed by atoms with Gasteiger partial charge < -0.3 is 40.4 Å². The molecule has 3 atom stereocenters. The second-order valence-corrected chi connectivity index (χ2v) is 17.5. The average Bonchev–Trinajstić information content (AvgIpc) is 3.35. The molecule has 3 saturated heterocycles. The third-order valence-corrected chi connectivity index (χ3v) is 13.0. The fourth-order valence-electron chi connectivity index (χ4n) is 8.40. The van der Waals surface area contributed by atoms with E-state index in [0.29, 0.717) is 60.0 Å². The van der Waals surface area contributed by atoms with E-state index in [1.165, 1.54) is 12.1 Å². The fourth-order valence-corrected chi connectivity index (χ4v) is 9.37. The van der Waals surface area contributed by atoms with Gasteiger partial charge in [0, 0.05) is 43.7 Å². The molecule has 0 aliphatic carbocycles. The van der Waals surface area contributed by atoms with Gasteiger partial charge in [-0.25, -0.2) is 13.9 Å². The SMILES string of the molecule is CNc1c(O)ccc(C(O)CNCCCN(CCOC(=O)c2ccc(COc3cccc(C(NC(=O)OC4CN5CCC4CC5)c4ccccc4)c3)cc2)Sc2ccccc2)c1/C=C\C=O. The van der Waals surface area contributed by atoms with E-state index in [-0.39, 0.29) is 31.6 Å². The molecule has 5 aromatic carbocycles. The number of aldehydes is 1. The number of hydrogen-bond donors (Lipinski definition) is 5. The molecule has 0 radical (unpaired) electrons. The number of amides is 1. The van der Waals surface area contributed by atoms with Crippen molar-refractivity contribution < 1.29 is 38.8 Å². The summed E-state index contributed by atoms with van der Waals surface area (Å²) in [5.74, 6) is 0.664. The van der Waals surface area contributed by atoms with Crippen LogP contribution >= 0.6 is 11.9 Å². The summed E-state index contributed by atoms with van der Waals surface area (Å²) in [5, 5.41) is 30.7. The molecule has 13 nitrogen and oxygen atoms in total. The van der Waals surface area contributed by atoms with Crippen LogP contribution in [0.25, 0.3) is 6.08 Å². The number of rotatable bonds is 23. The summed E-state index contributed by atoms with van der Waals surface area (Å²) in [6.07, 6.45) is 5.02. The van der Waals surface area contributed by atoms with Gasteiger partial charge in [0.25, 0.3) is 0 Å². The van der Waals surface area contributed by atoms with Crippen LogP contribution in [0.4, 0.5) is 10.5 Å². The van der Waals surface area contributed by atoms with Crippen molar-refractivity contribution in [2.75, 3.05) is 64.8 Å². The summed E-state index contributed by atoms with van der Waals surface area (Å²) in [7, 11) is 1.67. The highest BCUT2D eigenvalue weighted by Gasteiger charge is 2.37. The van der Waals surface area contributed by atoms with Gasteiger partial charge in [-0.2, -0.15) is 0 Å². The lowest BCUT2D eigenvalue weighted by molar-refractivity contribution is -0.104. The summed E-state index contributed by atoms with van der Waals surface area (Å²) >= 11 is 1.59. The van der Waals surface area contributed by atoms with Gasteiger partial charge in [-0.05, 0) is 134 Å². The highest BCUT2D eigenvalue weighted by molar-refractivity contribution is 7.97. The van der Waals surface area contributed by atoms with Crippen molar-refractivity contribution in [3.63, 3.8) is 0 Å². The molecule has 66 heavy (non-hydrogen) atoms. The van der Waals surface area contributed by atoms with Crippen molar-refractivity contribution in [3.05, 3.63) is 161 Å². The summed E-state index contributed by atoms with van der Waals surface area (Å²) < 4.78 is 20.1. The minimum Gasteiger partial charge on any atom is -0.506 e. The molecular weight excluding hydrogens is 855 g/mol. The number of anilines is 1. The number of fused-ring (bicyclic) bond motifs is 3. The average molecular weight is 914 g/mol. The van der Waals surface area contributed by atoms with Gasteiger partial charge in [0.1, 0.15) is 37.1 Å². The number of ether oxygens (including phenoxy) is 3. The number of hydrogen-bond acceptors (Lipinski definition) is 13. The number of carbonyl (C=O) groups excluding carboxylic acids is 3. The topological polar surface area (TPSA) is 162 Å². The van der Waals surface area contributed by atoms with E-state index in [1.54, 1.807) is 43.3 Å². The molecular formula is C52H59N5O8S. The van der Waals surface area contributed by atoms with Crippen LogP contribution in [0.5, 0.6) is 11.5 Å². The molecule has 3 unspecified atom stereocenters. The molecule has 3 aliphatic heterocycles. The standard InChI is InChI=1S/C52H59N5O8S/c1-53-50-45(17-9-31-58)44(22-23-46(50)59)47(60)34-54-26-10-27-57(66-43-15-6-3-7-16-43)30-32-63-51(61)40-20-18-37(19-21-40)36-64-42-14-8-13-41(33-42)49(39-11-4-2-5-12-39)55-52(62)65-48-35-56-28-24-38(48)25-29-56/h2-9,11-23,31,33,38,47-49,53-54,59-60H,10,24-30,32,34-36H2,1H3,(H,55,62)/b17-9-. The lowest BCUT2D eigenvalue weighted by atomic mass is 9.86. The maximum atomic E-state index is 13.3. The van der Waals surface area contributed by atoms with Crippen molar-refractivity contribution in [1.29, 1.82) is 0 Å². The molecule has 0 aromatic heterocycles. The summed E-state index contributed by atoms with van der Waals surface area (Å²) in [6, 6.07) is 37.5. The van der Waals surface area contributed by atoms with E-state index in [4.69, 9.17) is 14.2 Å². The largest absolute Gasteiger partial charge is 0.506 e. The van der Waals surface area contributed by atoms with E-state index in [2.05, 4.69) is 25.2 Å². The molecule has 346 valence electrons. The van der Waals surface area contributed by atoms with Crippen LogP contribution in [-0.2, 0) is 20.9 Å². The Bertz CT molecular complexity index is 2360. The van der Waals surface area contributed by atoms with Crippen LogP contribution in [0, 0.1) is 5.92 Å². The first kappa shape index (κ1) is 47.8. The number of aliphatic hydroxyl groups excluding tert-OH is 1. The van der Waals surface area contributed by atoms with E-state index < -0.39 is 24.2 Å². The highest BCUT2D eigenvalue weighted by atomic mass is 32.2. The van der Waals surface area contributed by atoms with E-state index in [0.717, 1.165) is 60.5 Å². The van der Waals surface area contributed by atoms with Gasteiger partial charge in [-0.1, -0.05) is 78.9 Å². The number of phenols is 1. The summed E-state index contributed by atoms with van der Waals surface area (Å²) in [6.45, 7) is 5.46. The Morgan fingerprint density at radius 2 is 1.65 bits per heavy atom. The molecule has 0 saturated carbocycles. The van der Waals surface area contributed by atoms with Gasteiger partial charge in [0.2, 0.25) is 0 Å².